The molecule has 0 unspecified atom stereocenters. The van der Waals surface area contributed by atoms with Gasteiger partial charge in [-0.05, 0) is 79.6 Å². The predicted octanol–water partition coefficient (Wildman–Crippen LogP) is 7.07. The Balaban J connectivity index is 0.00000126. The highest BCUT2D eigenvalue weighted by atomic mass is 32.2. The first-order valence-corrected chi connectivity index (χ1v) is 10.7. The van der Waals surface area contributed by atoms with E-state index >= 15 is 0 Å². The Kier molecular flexibility index (Phi) is 7.95. The summed E-state index contributed by atoms with van der Waals surface area (Å²) < 4.78 is 3.34. The molecule has 0 atom stereocenters. The summed E-state index contributed by atoms with van der Waals surface area (Å²) in [5.41, 5.74) is 5.22. The molecule has 0 saturated carbocycles. The van der Waals surface area contributed by atoms with E-state index in [4.69, 9.17) is 0 Å². The molecule has 2 N–H and O–H groups in total. The van der Waals surface area contributed by atoms with Gasteiger partial charge in [-0.25, -0.2) is 0 Å². The third-order valence-electron chi connectivity index (χ3n) is 3.78. The zero-order valence-corrected chi connectivity index (χ0v) is 18.1. The third kappa shape index (κ3) is 5.88. The van der Waals surface area contributed by atoms with Crippen LogP contribution < -0.4 is 10.0 Å². The number of benzene rings is 2. The van der Waals surface area contributed by atoms with Crippen molar-refractivity contribution >= 4 is 40.6 Å². The van der Waals surface area contributed by atoms with Crippen molar-refractivity contribution in [2.45, 2.75) is 39.5 Å². The van der Waals surface area contributed by atoms with E-state index in [1.807, 2.05) is 63.4 Å². The topological polar surface area (TPSA) is 41.1 Å². The Morgan fingerprint density at radius 3 is 2.22 bits per heavy atom. The number of thiophene rings is 1. The second-order valence-corrected chi connectivity index (χ2v) is 7.72. The molecule has 3 rings (SSSR count). The lowest BCUT2D eigenvalue weighted by Gasteiger charge is -2.13. The highest BCUT2D eigenvalue weighted by Gasteiger charge is 2.13. The number of aryl methyl sites for hydroxylation is 3. The summed E-state index contributed by atoms with van der Waals surface area (Å²) in [6, 6.07) is 16.2. The van der Waals surface area contributed by atoms with Gasteiger partial charge in [0, 0.05) is 5.69 Å². The minimum atomic E-state index is -0.0615. The van der Waals surface area contributed by atoms with Crippen molar-refractivity contribution in [1.82, 2.24) is 0 Å². The summed E-state index contributed by atoms with van der Waals surface area (Å²) >= 11 is 2.97. The van der Waals surface area contributed by atoms with E-state index in [0.717, 1.165) is 32.3 Å². The number of anilines is 2. The lowest BCUT2D eigenvalue weighted by Crippen LogP contribution is -2.12. The van der Waals surface area contributed by atoms with E-state index in [1.165, 1.54) is 28.8 Å². The molecule has 5 heteroatoms. The molecule has 27 heavy (non-hydrogen) atoms. The van der Waals surface area contributed by atoms with Gasteiger partial charge in [-0.1, -0.05) is 37.6 Å². The molecule has 0 bridgehead atoms. The molecule has 1 aromatic heterocycles. The first-order chi connectivity index (χ1) is 13.0. The maximum Gasteiger partial charge on any atom is 0.266 e. The van der Waals surface area contributed by atoms with Crippen LogP contribution in [-0.2, 0) is 0 Å². The SMILES string of the molecule is CC.Cc1ccc(NSc2cc(C)ccc2NC(=O)c2sccc2C)cc1. The lowest BCUT2D eigenvalue weighted by atomic mass is 10.2. The quantitative estimate of drug-likeness (QED) is 0.452. The van der Waals surface area contributed by atoms with Gasteiger partial charge < -0.3 is 10.0 Å². The van der Waals surface area contributed by atoms with Gasteiger partial charge in [0.15, 0.2) is 0 Å². The molecule has 1 amide bonds. The van der Waals surface area contributed by atoms with Crippen LogP contribution in [0.4, 0.5) is 11.4 Å². The lowest BCUT2D eigenvalue weighted by molar-refractivity contribution is 0.103. The normalized spacial score (nSPS) is 9.96. The number of amides is 1. The van der Waals surface area contributed by atoms with Gasteiger partial charge in [-0.3, -0.25) is 4.79 Å². The smallest absolute Gasteiger partial charge is 0.266 e. The maximum absolute atomic E-state index is 12.5. The monoisotopic (exact) mass is 398 g/mol. The number of hydrogen-bond acceptors (Lipinski definition) is 4. The van der Waals surface area contributed by atoms with E-state index in [0.29, 0.717) is 0 Å². The molecule has 0 aliphatic rings. The molecule has 0 aliphatic heterocycles. The van der Waals surface area contributed by atoms with E-state index in [9.17, 15) is 4.79 Å². The van der Waals surface area contributed by atoms with Crippen molar-refractivity contribution in [1.29, 1.82) is 0 Å². The Morgan fingerprint density at radius 2 is 1.59 bits per heavy atom. The van der Waals surface area contributed by atoms with Crippen LogP contribution >= 0.6 is 23.3 Å². The first kappa shape index (κ1) is 21.1. The number of carbonyl (C=O) groups excluding carboxylic acids is 1. The van der Waals surface area contributed by atoms with Crippen molar-refractivity contribution in [2.75, 3.05) is 10.0 Å². The molecule has 1 heterocycles. The first-order valence-electron chi connectivity index (χ1n) is 8.98. The summed E-state index contributed by atoms with van der Waals surface area (Å²) in [5.74, 6) is -0.0615. The zero-order valence-electron chi connectivity index (χ0n) is 16.4. The van der Waals surface area contributed by atoms with Gasteiger partial charge in [0.1, 0.15) is 0 Å². The molecule has 3 nitrogen and oxygen atoms in total. The van der Waals surface area contributed by atoms with E-state index < -0.39 is 0 Å². The molecule has 3 aromatic rings. The second-order valence-electron chi connectivity index (χ2n) is 5.96. The molecule has 0 aliphatic carbocycles. The Morgan fingerprint density at radius 1 is 0.926 bits per heavy atom. The fourth-order valence-electron chi connectivity index (χ4n) is 2.34. The van der Waals surface area contributed by atoms with Crippen molar-refractivity contribution in [3.63, 3.8) is 0 Å². The summed E-state index contributed by atoms with van der Waals surface area (Å²) in [6.07, 6.45) is 0. The van der Waals surface area contributed by atoms with Gasteiger partial charge in [-0.15, -0.1) is 11.3 Å². The molecule has 0 radical (unpaired) electrons. The average molecular weight is 399 g/mol. The van der Waals surface area contributed by atoms with Gasteiger partial charge in [0.05, 0.1) is 15.5 Å². The van der Waals surface area contributed by atoms with Crippen LogP contribution in [0, 0.1) is 20.8 Å². The summed E-state index contributed by atoms with van der Waals surface area (Å²) in [7, 11) is 0. The summed E-state index contributed by atoms with van der Waals surface area (Å²) in [5, 5.41) is 4.98. The Bertz CT molecular complexity index is 886. The summed E-state index contributed by atoms with van der Waals surface area (Å²) in [6.45, 7) is 10.1. The highest BCUT2D eigenvalue weighted by Crippen LogP contribution is 2.30. The van der Waals surface area contributed by atoms with Crippen LogP contribution in [0.2, 0.25) is 0 Å². The number of rotatable bonds is 5. The largest absolute Gasteiger partial charge is 0.326 e. The molecule has 0 fully saturated rings. The summed E-state index contributed by atoms with van der Waals surface area (Å²) in [4.78, 5) is 14.3. The number of carbonyl (C=O) groups is 1. The third-order valence-corrected chi connectivity index (χ3v) is 5.69. The van der Waals surface area contributed by atoms with E-state index in [1.54, 1.807) is 0 Å². The Labute approximate surface area is 170 Å². The fraction of sp³-hybridized carbons (Fsp3) is 0.227. The fourth-order valence-corrected chi connectivity index (χ4v) is 4.00. The molecule has 0 saturated heterocycles. The van der Waals surface area contributed by atoms with Crippen LogP contribution in [0.3, 0.4) is 0 Å². The standard InChI is InChI=1S/C20H20N2OS2.C2H6/c1-13-4-7-16(8-5-13)22-25-18-12-14(2)6-9-17(18)21-20(23)19-15(3)10-11-24-19;1-2/h4-12,22H,1-3H3,(H,21,23);1-2H3. The Hall–Kier alpha value is -2.24. The molecule has 2 aromatic carbocycles. The van der Waals surface area contributed by atoms with Gasteiger partial charge >= 0.3 is 0 Å². The molecular formula is C22H26N2OS2. The van der Waals surface area contributed by atoms with Gasteiger partial charge in [0.2, 0.25) is 0 Å². The maximum atomic E-state index is 12.5. The van der Waals surface area contributed by atoms with Crippen molar-refractivity contribution in [3.8, 4) is 0 Å². The molecule has 142 valence electrons. The van der Waals surface area contributed by atoms with Crippen LogP contribution in [0.5, 0.6) is 0 Å². The van der Waals surface area contributed by atoms with Crippen molar-refractivity contribution < 1.29 is 4.79 Å². The second kappa shape index (κ2) is 10.2. The number of hydrogen-bond donors (Lipinski definition) is 2. The van der Waals surface area contributed by atoms with Gasteiger partial charge in [0.25, 0.3) is 5.91 Å². The van der Waals surface area contributed by atoms with Crippen LogP contribution in [-0.4, -0.2) is 5.91 Å². The average Bonchev–Trinajstić information content (AvgIpc) is 3.11. The minimum Gasteiger partial charge on any atom is -0.326 e. The van der Waals surface area contributed by atoms with E-state index in [2.05, 4.69) is 35.2 Å². The molecule has 0 spiro atoms. The van der Waals surface area contributed by atoms with Crippen molar-refractivity contribution in [3.05, 3.63) is 75.5 Å². The van der Waals surface area contributed by atoms with Crippen molar-refractivity contribution in [2.24, 2.45) is 0 Å². The van der Waals surface area contributed by atoms with E-state index in [-0.39, 0.29) is 5.91 Å². The zero-order chi connectivity index (χ0) is 19.8. The highest BCUT2D eigenvalue weighted by molar-refractivity contribution is 8.00. The van der Waals surface area contributed by atoms with Crippen LogP contribution in [0.25, 0.3) is 0 Å². The number of nitrogens with one attached hydrogen (secondary N) is 2. The van der Waals surface area contributed by atoms with Crippen LogP contribution in [0.15, 0.2) is 58.8 Å². The predicted molar refractivity (Wildman–Crippen MR) is 120 cm³/mol. The van der Waals surface area contributed by atoms with Gasteiger partial charge in [-0.2, -0.15) is 0 Å². The van der Waals surface area contributed by atoms with Crippen LogP contribution in [0.1, 0.15) is 40.2 Å². The molecular weight excluding hydrogens is 372 g/mol. The minimum absolute atomic E-state index is 0.0615.